The minimum atomic E-state index is -4.71. The van der Waals surface area contributed by atoms with Crippen LogP contribution >= 0.6 is 0 Å². The van der Waals surface area contributed by atoms with Crippen LogP contribution in [0.2, 0.25) is 0 Å². The van der Waals surface area contributed by atoms with Gasteiger partial charge in [0.1, 0.15) is 9.79 Å². The van der Waals surface area contributed by atoms with E-state index in [0.717, 1.165) is 0 Å². The lowest BCUT2D eigenvalue weighted by Gasteiger charge is -2.27. The molecule has 2 heterocycles. The van der Waals surface area contributed by atoms with Crippen molar-refractivity contribution < 1.29 is 30.7 Å². The van der Waals surface area contributed by atoms with Crippen LogP contribution in [-0.2, 0) is 25.0 Å². The highest BCUT2D eigenvalue weighted by molar-refractivity contribution is 7.86. The molecule has 4 aromatic rings. The van der Waals surface area contributed by atoms with Crippen LogP contribution in [0, 0.1) is 0 Å². The highest BCUT2D eigenvalue weighted by Gasteiger charge is 2.22. The molecule has 0 aliphatic carbocycles. The maximum atomic E-state index is 12.3. The predicted octanol–water partition coefficient (Wildman–Crippen LogP) is 3.56. The first-order valence-corrected chi connectivity index (χ1v) is 15.5. The van der Waals surface area contributed by atoms with Crippen LogP contribution in [0.4, 0.5) is 23.5 Å². The Hall–Kier alpha value is -4.41. The third-order valence-corrected chi connectivity index (χ3v) is 7.99. The largest absolute Gasteiger partial charge is 0.378 e. The molecular formula is C27H26N6O7S2. The van der Waals surface area contributed by atoms with E-state index >= 15 is 0 Å². The van der Waals surface area contributed by atoms with Crippen molar-refractivity contribution in [2.24, 2.45) is 0 Å². The molecule has 4 N–H and O–H groups in total. The number of benzene rings is 3. The van der Waals surface area contributed by atoms with Gasteiger partial charge in [0.2, 0.25) is 17.8 Å². The normalized spacial score (nSPS) is 14.4. The second-order valence-corrected chi connectivity index (χ2v) is 11.8. The van der Waals surface area contributed by atoms with Gasteiger partial charge in [-0.25, -0.2) is 0 Å². The molecular weight excluding hydrogens is 584 g/mol. The Labute approximate surface area is 242 Å². The molecule has 3 aromatic carbocycles. The summed E-state index contributed by atoms with van der Waals surface area (Å²) in [5.74, 6) is 0.488. The maximum Gasteiger partial charge on any atom is 0.295 e. The van der Waals surface area contributed by atoms with Crippen molar-refractivity contribution in [1.82, 2.24) is 15.0 Å². The Kier molecular flexibility index (Phi) is 8.46. The Balaban J connectivity index is 1.66. The molecule has 1 aromatic heterocycles. The molecule has 0 spiro atoms. The Morgan fingerprint density at radius 3 is 2.05 bits per heavy atom. The standard InChI is InChI=1S/C27H26N6O7S2/c34-41(35,36)23-12-6-4-8-19(23)18-22(21-11-5-7-13-24(21)42(37,38)39)29-26-30-25(28-20-9-2-1-3-10-20)31-27(32-26)33-14-16-40-17-15-33/h1-13,18H,14-17H2,(H,34,35,36)(H,37,38,39)(H2,28,29,30,31,32). The van der Waals surface area contributed by atoms with Crippen LogP contribution in [0.3, 0.4) is 0 Å². The number of morpholine rings is 1. The molecule has 42 heavy (non-hydrogen) atoms. The number of para-hydroxylation sites is 1. The highest BCUT2D eigenvalue weighted by Crippen LogP contribution is 2.29. The van der Waals surface area contributed by atoms with Gasteiger partial charge in [0.05, 0.1) is 18.9 Å². The second kappa shape index (κ2) is 12.2. The van der Waals surface area contributed by atoms with E-state index in [1.165, 1.54) is 42.5 Å². The number of rotatable bonds is 9. The van der Waals surface area contributed by atoms with Gasteiger partial charge in [0, 0.05) is 24.3 Å². The maximum absolute atomic E-state index is 12.3. The monoisotopic (exact) mass is 610 g/mol. The Morgan fingerprint density at radius 2 is 1.36 bits per heavy atom. The van der Waals surface area contributed by atoms with Gasteiger partial charge in [-0.05, 0) is 35.9 Å². The van der Waals surface area contributed by atoms with Crippen LogP contribution in [0.5, 0.6) is 0 Å². The van der Waals surface area contributed by atoms with Crippen molar-refractivity contribution in [3.05, 3.63) is 90.0 Å². The fourth-order valence-electron chi connectivity index (χ4n) is 4.24. The molecule has 1 aliphatic heterocycles. The fourth-order valence-corrected chi connectivity index (χ4v) is 5.62. The van der Waals surface area contributed by atoms with Crippen molar-refractivity contribution in [3.8, 4) is 0 Å². The lowest BCUT2D eigenvalue weighted by Crippen LogP contribution is -2.37. The van der Waals surface area contributed by atoms with Crippen molar-refractivity contribution in [2.75, 3.05) is 41.8 Å². The summed E-state index contributed by atoms with van der Waals surface area (Å²) in [7, 11) is -9.36. The van der Waals surface area contributed by atoms with Crippen molar-refractivity contribution in [2.45, 2.75) is 9.79 Å². The Bertz CT molecular complexity index is 1830. The molecule has 0 atom stereocenters. The van der Waals surface area contributed by atoms with E-state index in [1.54, 1.807) is 12.1 Å². The molecule has 1 saturated heterocycles. The Morgan fingerprint density at radius 1 is 0.762 bits per heavy atom. The molecule has 0 bridgehead atoms. The van der Waals surface area contributed by atoms with Crippen LogP contribution in [0.1, 0.15) is 11.1 Å². The summed E-state index contributed by atoms with van der Waals surface area (Å²) < 4.78 is 74.0. The van der Waals surface area contributed by atoms with Crippen molar-refractivity contribution in [3.63, 3.8) is 0 Å². The number of hydrogen-bond donors (Lipinski definition) is 4. The quantitative estimate of drug-likeness (QED) is 0.159. The minimum absolute atomic E-state index is 0.00366. The first kappa shape index (κ1) is 29.1. The van der Waals surface area contributed by atoms with Crippen LogP contribution in [-0.4, -0.2) is 67.2 Å². The lowest BCUT2D eigenvalue weighted by atomic mass is 10.1. The van der Waals surface area contributed by atoms with Gasteiger partial charge in [-0.15, -0.1) is 0 Å². The SMILES string of the molecule is O=S(=O)(O)c1ccccc1C=C(Nc1nc(Nc2ccccc2)nc(N2CCOCC2)n1)c1ccccc1S(=O)(=O)O. The summed E-state index contributed by atoms with van der Waals surface area (Å²) >= 11 is 0. The topological polar surface area (TPSA) is 184 Å². The highest BCUT2D eigenvalue weighted by atomic mass is 32.2. The molecule has 13 nitrogen and oxygen atoms in total. The molecule has 15 heteroatoms. The summed E-state index contributed by atoms with van der Waals surface area (Å²) in [4.78, 5) is 14.6. The molecule has 218 valence electrons. The third-order valence-electron chi connectivity index (χ3n) is 6.15. The van der Waals surface area contributed by atoms with E-state index < -0.39 is 30.0 Å². The zero-order chi connectivity index (χ0) is 29.7. The number of hydrogen-bond acceptors (Lipinski definition) is 11. The van der Waals surface area contributed by atoms with E-state index in [0.29, 0.717) is 37.9 Å². The number of anilines is 4. The van der Waals surface area contributed by atoms with Gasteiger partial charge >= 0.3 is 0 Å². The van der Waals surface area contributed by atoms with Crippen LogP contribution in [0.25, 0.3) is 11.8 Å². The molecule has 0 amide bonds. The van der Waals surface area contributed by atoms with Gasteiger partial charge in [-0.2, -0.15) is 31.8 Å². The number of nitrogens with zero attached hydrogens (tertiary/aromatic N) is 4. The van der Waals surface area contributed by atoms with E-state index in [2.05, 4.69) is 25.6 Å². The molecule has 0 unspecified atom stereocenters. The van der Waals surface area contributed by atoms with Gasteiger partial charge in [0.25, 0.3) is 20.2 Å². The summed E-state index contributed by atoms with van der Waals surface area (Å²) in [6.45, 7) is 1.97. The minimum Gasteiger partial charge on any atom is -0.378 e. The molecule has 5 rings (SSSR count). The zero-order valence-electron chi connectivity index (χ0n) is 22.0. The fraction of sp³-hybridized carbons (Fsp3) is 0.148. The molecule has 0 saturated carbocycles. The van der Waals surface area contributed by atoms with E-state index in [4.69, 9.17) is 4.74 Å². The number of aromatic nitrogens is 3. The average molecular weight is 611 g/mol. The van der Waals surface area contributed by atoms with Crippen molar-refractivity contribution in [1.29, 1.82) is 0 Å². The molecule has 1 aliphatic rings. The average Bonchev–Trinajstić information content (AvgIpc) is 2.97. The van der Waals surface area contributed by atoms with Crippen LogP contribution < -0.4 is 15.5 Å². The summed E-state index contributed by atoms with van der Waals surface area (Å²) in [6.07, 6.45) is 1.32. The summed E-state index contributed by atoms with van der Waals surface area (Å²) in [5.41, 5.74) is 0.759. The van der Waals surface area contributed by atoms with Gasteiger partial charge in [0.15, 0.2) is 0 Å². The van der Waals surface area contributed by atoms with Gasteiger partial charge in [-0.1, -0.05) is 54.6 Å². The van der Waals surface area contributed by atoms with Gasteiger partial charge in [-0.3, -0.25) is 9.11 Å². The summed E-state index contributed by atoms with van der Waals surface area (Å²) in [6, 6.07) is 20.4. The van der Waals surface area contributed by atoms with Crippen molar-refractivity contribution >= 4 is 55.5 Å². The number of ether oxygens (including phenoxy) is 1. The van der Waals surface area contributed by atoms with E-state index in [1.807, 2.05) is 35.2 Å². The second-order valence-electron chi connectivity index (χ2n) is 9.04. The van der Waals surface area contributed by atoms with Gasteiger partial charge < -0.3 is 20.3 Å². The van der Waals surface area contributed by atoms with E-state index in [9.17, 15) is 25.9 Å². The zero-order valence-corrected chi connectivity index (χ0v) is 23.6. The van der Waals surface area contributed by atoms with Crippen LogP contribution in [0.15, 0.2) is 88.7 Å². The molecule has 1 fully saturated rings. The first-order chi connectivity index (χ1) is 20.1. The molecule has 0 radical (unpaired) electrons. The number of nitrogens with one attached hydrogen (secondary N) is 2. The predicted molar refractivity (Wildman–Crippen MR) is 157 cm³/mol. The lowest BCUT2D eigenvalue weighted by molar-refractivity contribution is 0.122. The van der Waals surface area contributed by atoms with E-state index in [-0.39, 0.29) is 28.7 Å². The third kappa shape index (κ3) is 7.07. The summed E-state index contributed by atoms with van der Waals surface area (Å²) in [5, 5.41) is 6.11. The smallest absolute Gasteiger partial charge is 0.295 e. The first-order valence-electron chi connectivity index (χ1n) is 12.6.